The number of carbonyl (C=O) groups is 1. The number of carbonyl (C=O) groups excluding carboxylic acids is 1. The number of hydrogen-bond donors (Lipinski definition) is 1. The first kappa shape index (κ1) is 42.3. The standard InChI is InChI=1S/C36H38NS.C13H24O2.Ir/c1-35(2,3)31-23-26(22-25-10-5-6-11-27(25)31)32-34-30(16-21-37-32)29-13-9-12-28(33(29)38-34)24-14-19-36(20-15-24)17-7-4-8-18-36;1-5-10(6-2)12(14)9-13(15)11(7-3)8-4;/h5-6,9-13,16,21,23-24H,4,7-8,14-15,17-20H2,1-3H3;9-11,14H,5-8H2,1-4H3;/q-1;;/b;12-9-;. The number of nitrogens with zero attached hydrogens (tertiary/aromatic N) is 1. The van der Waals surface area contributed by atoms with Gasteiger partial charge in [-0.2, -0.15) is 0 Å². The Morgan fingerprint density at radius 2 is 1.48 bits per heavy atom. The van der Waals surface area contributed by atoms with E-state index in [1.165, 1.54) is 100 Å². The monoisotopic (exact) mass is 921 g/mol. The summed E-state index contributed by atoms with van der Waals surface area (Å²) in [5.74, 6) is 1.24. The van der Waals surface area contributed by atoms with Gasteiger partial charge in [-0.15, -0.1) is 40.5 Å². The van der Waals surface area contributed by atoms with Crippen LogP contribution in [0, 0.1) is 23.3 Å². The maximum Gasteiger partial charge on any atom is 0.162 e. The van der Waals surface area contributed by atoms with Crippen molar-refractivity contribution in [3.63, 3.8) is 0 Å². The van der Waals surface area contributed by atoms with E-state index in [1.54, 1.807) is 5.56 Å². The van der Waals surface area contributed by atoms with Crippen LogP contribution in [0.1, 0.15) is 149 Å². The summed E-state index contributed by atoms with van der Waals surface area (Å²) in [6, 6.07) is 24.1. The number of benzene rings is 3. The predicted molar refractivity (Wildman–Crippen MR) is 228 cm³/mol. The third kappa shape index (κ3) is 9.06. The van der Waals surface area contributed by atoms with Gasteiger partial charge in [0, 0.05) is 64.7 Å². The largest absolute Gasteiger partial charge is 0.512 e. The van der Waals surface area contributed by atoms with E-state index in [1.807, 2.05) is 45.2 Å². The van der Waals surface area contributed by atoms with Crippen LogP contribution < -0.4 is 0 Å². The Labute approximate surface area is 342 Å². The maximum absolute atomic E-state index is 11.7. The van der Waals surface area contributed by atoms with Crippen molar-refractivity contribution in [3.05, 3.63) is 89.8 Å². The van der Waals surface area contributed by atoms with Gasteiger partial charge in [0.25, 0.3) is 0 Å². The first-order valence-electron chi connectivity index (χ1n) is 20.7. The van der Waals surface area contributed by atoms with Crippen molar-refractivity contribution >= 4 is 48.1 Å². The minimum Gasteiger partial charge on any atom is -0.512 e. The molecule has 7 rings (SSSR count). The third-order valence-corrected chi connectivity index (χ3v) is 14.0. The van der Waals surface area contributed by atoms with Crippen molar-refractivity contribution in [2.45, 2.75) is 143 Å². The summed E-state index contributed by atoms with van der Waals surface area (Å²) < 4.78 is 2.79. The molecule has 2 fully saturated rings. The molecule has 1 radical (unpaired) electrons. The minimum atomic E-state index is 0. The molecule has 0 atom stereocenters. The van der Waals surface area contributed by atoms with Gasteiger partial charge in [-0.05, 0) is 98.0 Å². The average molecular weight is 921 g/mol. The molecule has 54 heavy (non-hydrogen) atoms. The van der Waals surface area contributed by atoms with Crippen molar-refractivity contribution < 1.29 is 30.0 Å². The predicted octanol–water partition coefficient (Wildman–Crippen LogP) is 14.8. The molecule has 2 saturated carbocycles. The van der Waals surface area contributed by atoms with Crippen molar-refractivity contribution in [3.8, 4) is 11.3 Å². The summed E-state index contributed by atoms with van der Waals surface area (Å²) in [5.41, 5.74) is 5.84. The molecular formula is C49H62IrNO2S-. The molecule has 3 nitrogen and oxygen atoms in total. The van der Waals surface area contributed by atoms with Crippen molar-refractivity contribution in [1.29, 1.82) is 0 Å². The summed E-state index contributed by atoms with van der Waals surface area (Å²) in [7, 11) is 0. The van der Waals surface area contributed by atoms with Crippen LogP contribution in [-0.2, 0) is 30.3 Å². The molecule has 2 aromatic heterocycles. The number of aromatic nitrogens is 1. The summed E-state index contributed by atoms with van der Waals surface area (Å²) in [6.45, 7) is 15.0. The van der Waals surface area contributed by atoms with E-state index in [-0.39, 0.29) is 48.9 Å². The van der Waals surface area contributed by atoms with E-state index in [0.29, 0.717) is 11.3 Å². The van der Waals surface area contributed by atoms with E-state index >= 15 is 0 Å². The van der Waals surface area contributed by atoms with Gasteiger partial charge in [0.1, 0.15) is 0 Å². The second-order valence-corrected chi connectivity index (χ2v) is 18.1. The third-order valence-electron chi connectivity index (χ3n) is 12.8. The van der Waals surface area contributed by atoms with E-state index in [0.717, 1.165) is 36.9 Å². The van der Waals surface area contributed by atoms with Crippen LogP contribution in [0.15, 0.2) is 72.6 Å². The molecule has 1 spiro atoms. The maximum atomic E-state index is 11.7. The number of fused-ring (bicyclic) bond motifs is 4. The van der Waals surface area contributed by atoms with E-state index in [4.69, 9.17) is 4.98 Å². The van der Waals surface area contributed by atoms with E-state index in [2.05, 4.69) is 81.4 Å². The number of aliphatic hydroxyl groups is 1. The molecule has 5 heteroatoms. The zero-order valence-electron chi connectivity index (χ0n) is 33.8. The smallest absolute Gasteiger partial charge is 0.162 e. The Balaban J connectivity index is 0.000000301. The normalized spacial score (nSPS) is 16.6. The number of thiophene rings is 1. The Kier molecular flexibility index (Phi) is 14.4. The van der Waals surface area contributed by atoms with Crippen LogP contribution in [0.3, 0.4) is 0 Å². The summed E-state index contributed by atoms with van der Waals surface area (Å²) in [5, 5.41) is 15.0. The quantitative estimate of drug-likeness (QED) is 0.0910. The van der Waals surface area contributed by atoms with E-state index in [9.17, 15) is 9.90 Å². The van der Waals surface area contributed by atoms with Gasteiger partial charge < -0.3 is 5.11 Å². The van der Waals surface area contributed by atoms with Gasteiger partial charge in [0.15, 0.2) is 5.78 Å². The molecule has 0 saturated heterocycles. The zero-order valence-corrected chi connectivity index (χ0v) is 37.0. The molecule has 5 aromatic rings. The molecule has 2 heterocycles. The minimum absolute atomic E-state index is 0. The van der Waals surface area contributed by atoms with Crippen LogP contribution in [0.2, 0.25) is 0 Å². The molecular weight excluding hydrogens is 859 g/mol. The topological polar surface area (TPSA) is 50.2 Å². The Morgan fingerprint density at radius 1 is 0.852 bits per heavy atom. The molecule has 0 aliphatic heterocycles. The zero-order chi connectivity index (χ0) is 37.8. The van der Waals surface area contributed by atoms with Gasteiger partial charge in [-0.1, -0.05) is 115 Å². The first-order valence-corrected chi connectivity index (χ1v) is 21.5. The van der Waals surface area contributed by atoms with Crippen LogP contribution in [-0.4, -0.2) is 15.9 Å². The van der Waals surface area contributed by atoms with Gasteiger partial charge in [0.05, 0.1) is 5.76 Å². The SMILES string of the molecule is CC(C)(C)c1cc(-c2nccc3c2sc2c(C4CCC5(CCCCC5)CC4)cccc23)[c-]c2ccccc12.CCC(CC)C(=O)/C=C(\O)C(CC)CC.[Ir]. The van der Waals surface area contributed by atoms with Gasteiger partial charge in [0.2, 0.25) is 0 Å². The Hall–Kier alpha value is -2.85. The molecule has 2 aliphatic carbocycles. The molecule has 3 aromatic carbocycles. The second kappa shape index (κ2) is 18.4. The van der Waals surface area contributed by atoms with Crippen LogP contribution in [0.25, 0.3) is 42.2 Å². The molecule has 0 bridgehead atoms. The van der Waals surface area contributed by atoms with Gasteiger partial charge in [-0.3, -0.25) is 9.78 Å². The molecule has 0 unspecified atom stereocenters. The number of ketones is 1. The number of rotatable bonds is 9. The van der Waals surface area contributed by atoms with Crippen molar-refractivity contribution in [1.82, 2.24) is 4.98 Å². The molecule has 291 valence electrons. The van der Waals surface area contributed by atoms with E-state index < -0.39 is 0 Å². The van der Waals surface area contributed by atoms with Gasteiger partial charge >= 0.3 is 0 Å². The fraction of sp³-hybridized carbons (Fsp3) is 0.510. The fourth-order valence-electron chi connectivity index (χ4n) is 9.36. The number of hydrogen-bond acceptors (Lipinski definition) is 4. The van der Waals surface area contributed by atoms with Crippen LogP contribution >= 0.6 is 11.3 Å². The second-order valence-electron chi connectivity index (χ2n) is 17.1. The van der Waals surface area contributed by atoms with Crippen molar-refractivity contribution in [2.24, 2.45) is 17.3 Å². The molecule has 1 N–H and O–H groups in total. The summed E-state index contributed by atoms with van der Waals surface area (Å²) in [6.07, 6.45) is 19.8. The van der Waals surface area contributed by atoms with Gasteiger partial charge in [-0.25, -0.2) is 0 Å². The molecule has 0 amide bonds. The molecule has 2 aliphatic rings. The average Bonchev–Trinajstić information content (AvgIpc) is 3.55. The van der Waals surface area contributed by atoms with Crippen LogP contribution in [0.4, 0.5) is 0 Å². The number of pyridine rings is 1. The Morgan fingerprint density at radius 3 is 2.13 bits per heavy atom. The Bertz CT molecular complexity index is 2050. The van der Waals surface area contributed by atoms with Crippen LogP contribution in [0.5, 0.6) is 0 Å². The first-order chi connectivity index (χ1) is 25.5. The van der Waals surface area contributed by atoms with Crippen molar-refractivity contribution in [2.75, 3.05) is 0 Å². The fourth-order valence-corrected chi connectivity index (χ4v) is 10.8. The summed E-state index contributed by atoms with van der Waals surface area (Å²) in [4.78, 5) is 16.7. The number of aliphatic hydroxyl groups excluding tert-OH is 1. The number of allylic oxidation sites excluding steroid dienone is 2. The summed E-state index contributed by atoms with van der Waals surface area (Å²) >= 11 is 1.97.